The smallest absolute Gasteiger partial charge is 0.410 e. The zero-order chi connectivity index (χ0) is 26.0. The van der Waals surface area contributed by atoms with Crippen LogP contribution in [0.3, 0.4) is 0 Å². The van der Waals surface area contributed by atoms with Gasteiger partial charge in [-0.2, -0.15) is 0 Å². The molecule has 2 rings (SSSR count). The molecule has 1 atom stereocenters. The average molecular weight is 527 g/mol. The molecule has 12 heteroatoms. The predicted molar refractivity (Wildman–Crippen MR) is 140 cm³/mol. The summed E-state index contributed by atoms with van der Waals surface area (Å²) in [7, 11) is 1.65. The number of rotatable bonds is 10. The molecule has 196 valence electrons. The van der Waals surface area contributed by atoms with E-state index in [1.807, 2.05) is 19.3 Å². The molecule has 1 aliphatic heterocycles. The molecule has 1 aromatic heterocycles. The second-order valence-corrected chi connectivity index (χ2v) is 11.2. The van der Waals surface area contributed by atoms with Crippen molar-refractivity contribution in [2.75, 3.05) is 45.5 Å². The largest absolute Gasteiger partial charge is 0.444 e. The first-order chi connectivity index (χ1) is 16.6. The highest BCUT2D eigenvalue weighted by Crippen LogP contribution is 2.14. The maximum absolute atomic E-state index is 13.2. The molecule has 1 aromatic rings. The number of carbonyl (C=O) groups is 3. The van der Waals surface area contributed by atoms with Gasteiger partial charge < -0.3 is 30.5 Å². The van der Waals surface area contributed by atoms with Crippen LogP contribution >= 0.6 is 23.1 Å². The van der Waals surface area contributed by atoms with Gasteiger partial charge in [0.25, 0.3) is 0 Å². The number of hydrogen-bond acceptors (Lipinski definition) is 8. The number of hydrogen-bond donors (Lipinski definition) is 2. The number of nitrogens with two attached hydrogens (primary N) is 1. The van der Waals surface area contributed by atoms with E-state index in [2.05, 4.69) is 24.1 Å². The topological polar surface area (TPSA) is 121 Å². The lowest BCUT2D eigenvalue weighted by Gasteiger charge is -2.37. The Morgan fingerprint density at radius 2 is 1.89 bits per heavy atom. The van der Waals surface area contributed by atoms with Crippen molar-refractivity contribution >= 4 is 41.1 Å². The molecule has 0 radical (unpaired) electrons. The summed E-state index contributed by atoms with van der Waals surface area (Å²) in [4.78, 5) is 47.9. The quantitative estimate of drug-likeness (QED) is 0.481. The van der Waals surface area contributed by atoms with Crippen LogP contribution in [0.5, 0.6) is 0 Å². The molecule has 0 aliphatic carbocycles. The highest BCUT2D eigenvalue weighted by molar-refractivity contribution is 8.02. The summed E-state index contributed by atoms with van der Waals surface area (Å²) in [6.07, 6.45) is 1.26. The maximum Gasteiger partial charge on any atom is 0.410 e. The van der Waals surface area contributed by atoms with Crippen molar-refractivity contribution in [1.82, 2.24) is 25.0 Å². The van der Waals surface area contributed by atoms with Crippen molar-refractivity contribution in [1.29, 1.82) is 0 Å². The van der Waals surface area contributed by atoms with Crippen LogP contribution in [0, 0.1) is 11.8 Å². The van der Waals surface area contributed by atoms with E-state index in [0.29, 0.717) is 37.8 Å². The van der Waals surface area contributed by atoms with Crippen LogP contribution in [0.25, 0.3) is 0 Å². The van der Waals surface area contributed by atoms with E-state index in [4.69, 9.17) is 10.5 Å². The summed E-state index contributed by atoms with van der Waals surface area (Å²) in [5, 5.41) is 4.73. The Morgan fingerprint density at radius 3 is 2.46 bits per heavy atom. The molecular formula is C23H38N6O4S2. The lowest BCUT2D eigenvalue weighted by Crippen LogP contribution is -2.58. The third-order valence-electron chi connectivity index (χ3n) is 5.31. The molecule has 4 amide bonds. The van der Waals surface area contributed by atoms with Gasteiger partial charge in [-0.15, -0.1) is 23.1 Å². The van der Waals surface area contributed by atoms with Gasteiger partial charge >= 0.3 is 12.1 Å². The van der Waals surface area contributed by atoms with E-state index in [1.54, 1.807) is 40.3 Å². The van der Waals surface area contributed by atoms with Gasteiger partial charge in [-0.1, -0.05) is 27.7 Å². The Kier molecular flexibility index (Phi) is 11.7. The molecule has 35 heavy (non-hydrogen) atoms. The zero-order valence-electron chi connectivity index (χ0n) is 21.2. The standard InChI is InChI=1S/C23H38N6O4S2/c1-16(2)13-34-14-18(24)11-27(5)22(31)26-20(17(3)4)21(30)28-6-8-29(9-7-28)23(32)33-12-19-10-25-15-35-19/h10,14-17,20H,6-9,11-13,24H2,1-5H3,(H,26,31)/b18-14-. The summed E-state index contributed by atoms with van der Waals surface area (Å²) in [5.41, 5.74) is 8.34. The van der Waals surface area contributed by atoms with Gasteiger partial charge in [0.05, 0.1) is 16.9 Å². The van der Waals surface area contributed by atoms with Crippen LogP contribution in [0.2, 0.25) is 0 Å². The van der Waals surface area contributed by atoms with E-state index in [0.717, 1.165) is 10.6 Å². The van der Waals surface area contributed by atoms with Gasteiger partial charge in [-0.05, 0) is 23.0 Å². The molecule has 0 spiro atoms. The van der Waals surface area contributed by atoms with Crippen LogP contribution in [0.15, 0.2) is 22.8 Å². The van der Waals surface area contributed by atoms with E-state index < -0.39 is 12.1 Å². The SMILES string of the molecule is CC(C)CS/C=C(\N)CN(C)C(=O)NC(C(=O)N1CCN(C(=O)OCc2cncs2)CC1)C(C)C. The highest BCUT2D eigenvalue weighted by Gasteiger charge is 2.32. The minimum absolute atomic E-state index is 0.100. The van der Waals surface area contributed by atoms with Crippen LogP contribution in [0.1, 0.15) is 32.6 Å². The van der Waals surface area contributed by atoms with Crippen LogP contribution in [0.4, 0.5) is 9.59 Å². The fourth-order valence-electron chi connectivity index (χ4n) is 3.33. The lowest BCUT2D eigenvalue weighted by molar-refractivity contribution is -0.136. The monoisotopic (exact) mass is 526 g/mol. The molecule has 0 saturated carbocycles. The summed E-state index contributed by atoms with van der Waals surface area (Å²) in [6.45, 7) is 10.0. The third-order valence-corrected chi connectivity index (χ3v) is 7.39. The second kappa shape index (κ2) is 14.2. The zero-order valence-corrected chi connectivity index (χ0v) is 22.9. The number of nitrogens with one attached hydrogen (secondary N) is 1. The number of nitrogens with zero attached hydrogens (tertiary/aromatic N) is 4. The van der Waals surface area contributed by atoms with Crippen molar-refractivity contribution in [3.63, 3.8) is 0 Å². The number of carbonyl (C=O) groups excluding carboxylic acids is 3. The Hall–Kier alpha value is -2.47. The Bertz CT molecular complexity index is 854. The summed E-state index contributed by atoms with van der Waals surface area (Å²) < 4.78 is 5.33. The third kappa shape index (κ3) is 9.60. The Labute approximate surface area is 216 Å². The first-order valence-corrected chi connectivity index (χ1v) is 13.7. The Morgan fingerprint density at radius 1 is 1.23 bits per heavy atom. The van der Waals surface area contributed by atoms with Crippen molar-refractivity contribution in [3.8, 4) is 0 Å². The van der Waals surface area contributed by atoms with E-state index in [-0.39, 0.29) is 31.0 Å². The van der Waals surface area contributed by atoms with Crippen molar-refractivity contribution in [2.24, 2.45) is 17.6 Å². The fourth-order valence-corrected chi connectivity index (χ4v) is 4.61. The van der Waals surface area contributed by atoms with Gasteiger partial charge in [0.1, 0.15) is 12.6 Å². The number of thioether (sulfide) groups is 1. The van der Waals surface area contributed by atoms with Gasteiger partial charge in [-0.3, -0.25) is 9.78 Å². The maximum atomic E-state index is 13.2. The lowest BCUT2D eigenvalue weighted by atomic mass is 10.0. The number of aromatic nitrogens is 1. The van der Waals surface area contributed by atoms with Crippen LogP contribution in [-0.4, -0.2) is 89.3 Å². The molecular weight excluding hydrogens is 488 g/mol. The number of likely N-dealkylation sites (N-methyl/N-ethyl adjacent to an activating group) is 1. The first kappa shape index (κ1) is 28.8. The fraction of sp³-hybridized carbons (Fsp3) is 0.652. The molecule has 1 saturated heterocycles. The predicted octanol–water partition coefficient (Wildman–Crippen LogP) is 2.78. The van der Waals surface area contributed by atoms with E-state index in [9.17, 15) is 14.4 Å². The van der Waals surface area contributed by atoms with Gasteiger partial charge in [-0.25, -0.2) is 9.59 Å². The van der Waals surface area contributed by atoms with E-state index in [1.165, 1.54) is 16.2 Å². The first-order valence-electron chi connectivity index (χ1n) is 11.7. The van der Waals surface area contributed by atoms with Crippen LogP contribution < -0.4 is 11.1 Å². The molecule has 1 aliphatic rings. The van der Waals surface area contributed by atoms with Crippen molar-refractivity contribution in [3.05, 3.63) is 27.7 Å². The number of piperazine rings is 1. The number of amides is 4. The Balaban J connectivity index is 1.83. The van der Waals surface area contributed by atoms with Gasteiger partial charge in [0.2, 0.25) is 5.91 Å². The highest BCUT2D eigenvalue weighted by atomic mass is 32.2. The molecule has 0 aromatic carbocycles. The van der Waals surface area contributed by atoms with Gasteiger partial charge in [0.15, 0.2) is 0 Å². The summed E-state index contributed by atoms with van der Waals surface area (Å²) in [6, 6.07) is -1.03. The number of urea groups is 1. The second-order valence-electron chi connectivity index (χ2n) is 9.28. The number of thiazole rings is 1. The summed E-state index contributed by atoms with van der Waals surface area (Å²) in [5.74, 6) is 1.25. The van der Waals surface area contributed by atoms with Crippen LogP contribution in [-0.2, 0) is 16.1 Å². The number of ether oxygens (including phenoxy) is 1. The minimum atomic E-state index is -0.671. The molecule has 1 unspecified atom stereocenters. The van der Waals surface area contributed by atoms with Gasteiger partial charge in [0, 0.05) is 45.1 Å². The van der Waals surface area contributed by atoms with Crippen molar-refractivity contribution in [2.45, 2.75) is 40.3 Å². The molecule has 0 bridgehead atoms. The minimum Gasteiger partial charge on any atom is -0.444 e. The molecule has 2 heterocycles. The molecule has 10 nitrogen and oxygen atoms in total. The average Bonchev–Trinajstić information content (AvgIpc) is 3.33. The van der Waals surface area contributed by atoms with Crippen molar-refractivity contribution < 1.29 is 19.1 Å². The molecule has 1 fully saturated rings. The summed E-state index contributed by atoms with van der Waals surface area (Å²) >= 11 is 3.05. The molecule has 3 N–H and O–H groups in total. The van der Waals surface area contributed by atoms with E-state index >= 15 is 0 Å². The normalized spacial score (nSPS) is 15.3.